The van der Waals surface area contributed by atoms with Crippen LogP contribution in [0.25, 0.3) is 0 Å². The molecule has 0 aromatic heterocycles. The molecule has 0 radical (unpaired) electrons. The lowest BCUT2D eigenvalue weighted by atomic mass is 9.95. The number of rotatable bonds is 11. The van der Waals surface area contributed by atoms with Crippen LogP contribution in [-0.4, -0.2) is 43.8 Å². The molecule has 10 heteroatoms. The molecule has 1 N–H and O–H groups in total. The van der Waals surface area contributed by atoms with Crippen molar-refractivity contribution in [2.45, 2.75) is 82.8 Å². The third-order valence-corrected chi connectivity index (χ3v) is 10.3. The Kier molecular flexibility index (Phi) is 11.2. The van der Waals surface area contributed by atoms with Gasteiger partial charge in [0.15, 0.2) is 0 Å². The van der Waals surface area contributed by atoms with E-state index in [-0.39, 0.29) is 23.4 Å². The van der Waals surface area contributed by atoms with Crippen molar-refractivity contribution in [3.05, 3.63) is 93.5 Å². The van der Waals surface area contributed by atoms with Crippen LogP contribution in [-0.2, 0) is 26.2 Å². The molecule has 0 bridgehead atoms. The summed E-state index contributed by atoms with van der Waals surface area (Å²) < 4.78 is 29.2. The predicted octanol–water partition coefficient (Wildman–Crippen LogP) is 7.06. The summed E-state index contributed by atoms with van der Waals surface area (Å²) >= 11 is 12.5. The fourth-order valence-electron chi connectivity index (χ4n) is 5.64. The second-order valence-corrected chi connectivity index (χ2v) is 13.9. The number of aryl methyl sites for hydroxylation is 2. The lowest BCUT2D eigenvalue weighted by Crippen LogP contribution is -2.54. The molecule has 1 aliphatic rings. The molecular formula is C33H39Cl2N3O4S. The Bertz CT molecular complexity index is 1520. The van der Waals surface area contributed by atoms with Gasteiger partial charge in [-0.1, -0.05) is 79.7 Å². The quantitative estimate of drug-likeness (QED) is 0.242. The molecule has 3 aromatic carbocycles. The summed E-state index contributed by atoms with van der Waals surface area (Å²) in [5.41, 5.74) is 2.78. The standard InChI is InChI=1S/C33H39Cl2N3O4S/c1-4-31(33(40)36-26-11-7-5-8-12-26)37(21-25-15-16-29(34)30(35)20-25)32(39)22-38(27-18-23(2)17-24(3)19-27)43(41,42)28-13-9-6-10-14-28/h6,9-10,13-20,26,31H,4-5,7-8,11-12,21-22H2,1-3H3,(H,36,40)/t31-/m0/s1. The molecule has 2 amide bonds. The number of halogens is 2. The Hall–Kier alpha value is -3.07. The normalized spacial score (nSPS) is 14.6. The van der Waals surface area contributed by atoms with Gasteiger partial charge in [0.05, 0.1) is 20.6 Å². The number of sulfonamides is 1. The highest BCUT2D eigenvalue weighted by molar-refractivity contribution is 7.92. The van der Waals surface area contributed by atoms with Gasteiger partial charge in [-0.15, -0.1) is 0 Å². The highest BCUT2D eigenvalue weighted by Crippen LogP contribution is 2.28. The number of carbonyl (C=O) groups excluding carboxylic acids is 2. The molecule has 3 aromatic rings. The number of nitrogens with one attached hydrogen (secondary N) is 1. The predicted molar refractivity (Wildman–Crippen MR) is 173 cm³/mol. The first-order chi connectivity index (χ1) is 20.5. The Labute approximate surface area is 265 Å². The van der Waals surface area contributed by atoms with Gasteiger partial charge < -0.3 is 10.2 Å². The molecule has 1 fully saturated rings. The molecular weight excluding hydrogens is 605 g/mol. The average molecular weight is 645 g/mol. The molecule has 0 aliphatic heterocycles. The van der Waals surface area contributed by atoms with Crippen LogP contribution in [0.2, 0.25) is 10.0 Å². The lowest BCUT2D eigenvalue weighted by Gasteiger charge is -2.34. The van der Waals surface area contributed by atoms with Crippen LogP contribution in [0.15, 0.2) is 71.6 Å². The van der Waals surface area contributed by atoms with Crippen LogP contribution >= 0.6 is 23.2 Å². The number of nitrogens with zero attached hydrogens (tertiary/aromatic N) is 2. The molecule has 7 nitrogen and oxygen atoms in total. The molecule has 0 saturated heterocycles. The van der Waals surface area contributed by atoms with Crippen molar-refractivity contribution in [1.82, 2.24) is 10.2 Å². The molecule has 1 aliphatic carbocycles. The van der Waals surface area contributed by atoms with Crippen LogP contribution in [0.1, 0.15) is 62.1 Å². The van der Waals surface area contributed by atoms with E-state index < -0.39 is 28.5 Å². The minimum absolute atomic E-state index is 0.0540. The van der Waals surface area contributed by atoms with E-state index in [4.69, 9.17) is 23.2 Å². The lowest BCUT2D eigenvalue weighted by molar-refractivity contribution is -0.140. The largest absolute Gasteiger partial charge is 0.352 e. The van der Waals surface area contributed by atoms with Gasteiger partial charge in [-0.05, 0) is 86.2 Å². The van der Waals surface area contributed by atoms with Crippen molar-refractivity contribution in [1.29, 1.82) is 0 Å². The minimum Gasteiger partial charge on any atom is -0.352 e. The second kappa shape index (κ2) is 14.6. The Balaban J connectivity index is 1.73. The summed E-state index contributed by atoms with van der Waals surface area (Å²) in [6.07, 6.45) is 5.40. The number of amides is 2. The van der Waals surface area contributed by atoms with Crippen molar-refractivity contribution >= 4 is 50.7 Å². The van der Waals surface area contributed by atoms with E-state index in [9.17, 15) is 18.0 Å². The number of carbonyl (C=O) groups is 2. The van der Waals surface area contributed by atoms with Crippen molar-refractivity contribution in [3.8, 4) is 0 Å². The van der Waals surface area contributed by atoms with Gasteiger partial charge >= 0.3 is 0 Å². The van der Waals surface area contributed by atoms with Gasteiger partial charge in [0.1, 0.15) is 12.6 Å². The third kappa shape index (κ3) is 8.31. The molecule has 1 saturated carbocycles. The first-order valence-corrected chi connectivity index (χ1v) is 16.9. The molecule has 4 rings (SSSR count). The number of benzene rings is 3. The van der Waals surface area contributed by atoms with Crippen LogP contribution in [0.3, 0.4) is 0 Å². The van der Waals surface area contributed by atoms with E-state index >= 15 is 0 Å². The van der Waals surface area contributed by atoms with Crippen LogP contribution < -0.4 is 9.62 Å². The fourth-order valence-corrected chi connectivity index (χ4v) is 7.38. The molecule has 230 valence electrons. The van der Waals surface area contributed by atoms with Gasteiger partial charge in [0.25, 0.3) is 10.0 Å². The summed E-state index contributed by atoms with van der Waals surface area (Å²) in [5.74, 6) is -0.748. The van der Waals surface area contributed by atoms with E-state index in [2.05, 4.69) is 5.32 Å². The fraction of sp³-hybridized carbons (Fsp3) is 0.394. The van der Waals surface area contributed by atoms with Gasteiger partial charge in [0, 0.05) is 12.6 Å². The Morgan fingerprint density at radius 1 is 0.907 bits per heavy atom. The second-order valence-electron chi connectivity index (χ2n) is 11.2. The molecule has 0 spiro atoms. The van der Waals surface area contributed by atoms with Gasteiger partial charge in [-0.2, -0.15) is 0 Å². The minimum atomic E-state index is -4.13. The maximum absolute atomic E-state index is 14.3. The molecule has 43 heavy (non-hydrogen) atoms. The summed E-state index contributed by atoms with van der Waals surface area (Å²) in [6.45, 7) is 5.17. The average Bonchev–Trinajstić information content (AvgIpc) is 2.98. The molecule has 1 atom stereocenters. The number of hydrogen-bond acceptors (Lipinski definition) is 4. The molecule has 0 heterocycles. The Morgan fingerprint density at radius 3 is 2.16 bits per heavy atom. The zero-order valence-electron chi connectivity index (χ0n) is 24.9. The van der Waals surface area contributed by atoms with Crippen LogP contribution in [0, 0.1) is 13.8 Å². The van der Waals surface area contributed by atoms with E-state index in [0.717, 1.165) is 47.5 Å². The Morgan fingerprint density at radius 2 is 1.56 bits per heavy atom. The summed E-state index contributed by atoms with van der Waals surface area (Å²) in [4.78, 5) is 29.5. The first-order valence-electron chi connectivity index (χ1n) is 14.7. The van der Waals surface area contributed by atoms with E-state index in [0.29, 0.717) is 27.7 Å². The zero-order valence-corrected chi connectivity index (χ0v) is 27.2. The third-order valence-electron chi connectivity index (χ3n) is 7.78. The smallest absolute Gasteiger partial charge is 0.264 e. The monoisotopic (exact) mass is 643 g/mol. The highest BCUT2D eigenvalue weighted by atomic mass is 35.5. The SMILES string of the molecule is CC[C@@H](C(=O)NC1CCCCC1)N(Cc1ccc(Cl)c(Cl)c1)C(=O)CN(c1cc(C)cc(C)c1)S(=O)(=O)c1ccccc1. The van der Waals surface area contributed by atoms with Crippen molar-refractivity contribution in [2.75, 3.05) is 10.8 Å². The zero-order chi connectivity index (χ0) is 31.1. The van der Waals surface area contributed by atoms with Crippen molar-refractivity contribution in [2.24, 2.45) is 0 Å². The summed E-state index contributed by atoms with van der Waals surface area (Å²) in [5, 5.41) is 3.86. The van der Waals surface area contributed by atoms with Crippen LogP contribution in [0.4, 0.5) is 5.69 Å². The summed E-state index contributed by atoms with van der Waals surface area (Å²) in [6, 6.07) is 17.8. The molecule has 0 unspecified atom stereocenters. The van der Waals surface area contributed by atoms with Crippen molar-refractivity contribution in [3.63, 3.8) is 0 Å². The maximum atomic E-state index is 14.3. The number of anilines is 1. The van der Waals surface area contributed by atoms with E-state index in [1.165, 1.54) is 17.0 Å². The summed E-state index contributed by atoms with van der Waals surface area (Å²) in [7, 11) is -4.13. The van der Waals surface area contributed by atoms with Crippen molar-refractivity contribution < 1.29 is 18.0 Å². The van der Waals surface area contributed by atoms with Gasteiger partial charge in [-0.3, -0.25) is 13.9 Å². The maximum Gasteiger partial charge on any atom is 0.264 e. The highest BCUT2D eigenvalue weighted by Gasteiger charge is 2.34. The van der Waals surface area contributed by atoms with Gasteiger partial charge in [0.2, 0.25) is 11.8 Å². The van der Waals surface area contributed by atoms with Crippen LogP contribution in [0.5, 0.6) is 0 Å². The number of hydrogen-bond donors (Lipinski definition) is 1. The topological polar surface area (TPSA) is 86.8 Å². The first kappa shape index (κ1) is 32.8. The van der Waals surface area contributed by atoms with Gasteiger partial charge in [-0.25, -0.2) is 8.42 Å². The van der Waals surface area contributed by atoms with E-state index in [1.807, 2.05) is 26.8 Å². The van der Waals surface area contributed by atoms with E-state index in [1.54, 1.807) is 48.5 Å².